The molecule has 18 heavy (non-hydrogen) atoms. The van der Waals surface area contributed by atoms with Gasteiger partial charge in [0.1, 0.15) is 10.8 Å². The van der Waals surface area contributed by atoms with E-state index in [0.29, 0.717) is 6.61 Å². The van der Waals surface area contributed by atoms with Crippen molar-refractivity contribution in [2.24, 2.45) is 0 Å². The van der Waals surface area contributed by atoms with E-state index in [1.54, 1.807) is 0 Å². The van der Waals surface area contributed by atoms with Crippen LogP contribution >= 0.6 is 11.3 Å². The van der Waals surface area contributed by atoms with Gasteiger partial charge in [0.25, 0.3) is 0 Å². The fraction of sp³-hybridized carbons (Fsp3) is 0.357. The molecule has 1 aromatic carbocycles. The third-order valence-electron chi connectivity index (χ3n) is 3.01. The second-order valence-corrected chi connectivity index (χ2v) is 5.36. The molecule has 2 heterocycles. The Bertz CT molecular complexity index is 510. The third-order valence-corrected chi connectivity index (χ3v) is 4.22. The van der Waals surface area contributed by atoms with Crippen molar-refractivity contribution < 1.29 is 4.74 Å². The second kappa shape index (κ2) is 5.08. The van der Waals surface area contributed by atoms with Gasteiger partial charge >= 0.3 is 0 Å². The summed E-state index contributed by atoms with van der Waals surface area (Å²) < 4.78 is 5.45. The lowest BCUT2D eigenvalue weighted by atomic mass is 10.2. The van der Waals surface area contributed by atoms with E-state index in [2.05, 4.69) is 17.4 Å². The fourth-order valence-electron chi connectivity index (χ4n) is 2.11. The topological polar surface area (TPSA) is 34.1 Å². The minimum absolute atomic E-state index is 0.705. The highest BCUT2D eigenvalue weighted by atomic mass is 32.1. The molecule has 0 saturated heterocycles. The van der Waals surface area contributed by atoms with Gasteiger partial charge in [-0.3, -0.25) is 0 Å². The van der Waals surface area contributed by atoms with E-state index in [4.69, 9.17) is 9.72 Å². The second-order valence-electron chi connectivity index (χ2n) is 4.27. The van der Waals surface area contributed by atoms with Crippen LogP contribution in [0.15, 0.2) is 24.3 Å². The maximum Gasteiger partial charge on any atom is 0.123 e. The van der Waals surface area contributed by atoms with Gasteiger partial charge in [0.2, 0.25) is 0 Å². The van der Waals surface area contributed by atoms with Gasteiger partial charge in [-0.25, -0.2) is 4.98 Å². The number of thiazole rings is 1. The maximum absolute atomic E-state index is 5.45. The third kappa shape index (κ3) is 2.26. The molecule has 1 aliphatic rings. The van der Waals surface area contributed by atoms with Gasteiger partial charge in [-0.1, -0.05) is 0 Å². The van der Waals surface area contributed by atoms with Gasteiger partial charge in [0, 0.05) is 23.5 Å². The van der Waals surface area contributed by atoms with E-state index in [9.17, 15) is 0 Å². The number of hydrogen-bond acceptors (Lipinski definition) is 4. The monoisotopic (exact) mass is 260 g/mol. The molecule has 3 nitrogen and oxygen atoms in total. The molecule has 2 aromatic rings. The molecule has 0 spiro atoms. The quantitative estimate of drug-likeness (QED) is 0.921. The summed E-state index contributed by atoms with van der Waals surface area (Å²) in [5, 5.41) is 4.47. The van der Waals surface area contributed by atoms with Crippen LogP contribution in [0.25, 0.3) is 10.6 Å². The average molecular weight is 260 g/mol. The normalized spacial score (nSPS) is 14.3. The average Bonchev–Trinajstić information content (AvgIpc) is 2.84. The number of nitrogens with one attached hydrogen (secondary N) is 1. The van der Waals surface area contributed by atoms with Crippen LogP contribution in [0.1, 0.15) is 17.5 Å². The number of nitrogens with zero attached hydrogens (tertiary/aromatic N) is 1. The summed E-state index contributed by atoms with van der Waals surface area (Å²) in [6, 6.07) is 8.19. The van der Waals surface area contributed by atoms with Crippen LogP contribution in [0.5, 0.6) is 5.75 Å². The number of benzene rings is 1. The predicted molar refractivity (Wildman–Crippen MR) is 74.1 cm³/mol. The van der Waals surface area contributed by atoms with Crippen LogP contribution in [-0.2, 0) is 13.0 Å². The van der Waals surface area contributed by atoms with E-state index in [-0.39, 0.29) is 0 Å². The number of rotatable bonds is 3. The molecule has 1 aromatic heterocycles. The van der Waals surface area contributed by atoms with Crippen LogP contribution in [0.3, 0.4) is 0 Å². The Balaban J connectivity index is 1.87. The van der Waals surface area contributed by atoms with Crippen molar-refractivity contribution in [3.05, 3.63) is 34.8 Å². The van der Waals surface area contributed by atoms with Gasteiger partial charge in [0.15, 0.2) is 0 Å². The van der Waals surface area contributed by atoms with Crippen molar-refractivity contribution in [3.8, 4) is 16.3 Å². The molecule has 0 radical (unpaired) electrons. The van der Waals surface area contributed by atoms with E-state index in [0.717, 1.165) is 30.3 Å². The lowest BCUT2D eigenvalue weighted by Gasteiger charge is -2.09. The minimum atomic E-state index is 0.705. The summed E-state index contributed by atoms with van der Waals surface area (Å²) in [5.74, 6) is 0.921. The maximum atomic E-state index is 5.45. The largest absolute Gasteiger partial charge is 0.494 e. The molecule has 1 aliphatic heterocycles. The summed E-state index contributed by atoms with van der Waals surface area (Å²) in [4.78, 5) is 6.14. The van der Waals surface area contributed by atoms with E-state index < -0.39 is 0 Å². The SMILES string of the molecule is CCOc1ccc(-c2nc3c(s2)CCNC3)cc1. The molecule has 0 fully saturated rings. The van der Waals surface area contributed by atoms with Crippen LogP contribution < -0.4 is 10.1 Å². The van der Waals surface area contributed by atoms with E-state index >= 15 is 0 Å². The molecular formula is C14H16N2OS. The number of aromatic nitrogens is 1. The smallest absolute Gasteiger partial charge is 0.123 e. The van der Waals surface area contributed by atoms with Gasteiger partial charge < -0.3 is 10.1 Å². The summed E-state index contributed by atoms with van der Waals surface area (Å²) in [5.41, 5.74) is 2.40. The summed E-state index contributed by atoms with van der Waals surface area (Å²) >= 11 is 1.82. The first-order valence-electron chi connectivity index (χ1n) is 6.29. The molecule has 0 atom stereocenters. The molecular weight excluding hydrogens is 244 g/mol. The van der Waals surface area contributed by atoms with Crippen LogP contribution in [0.4, 0.5) is 0 Å². The first-order chi connectivity index (χ1) is 8.86. The first kappa shape index (κ1) is 11.7. The van der Waals surface area contributed by atoms with Crippen molar-refractivity contribution in [1.29, 1.82) is 0 Å². The fourth-order valence-corrected chi connectivity index (χ4v) is 3.19. The molecule has 0 aliphatic carbocycles. The highest BCUT2D eigenvalue weighted by molar-refractivity contribution is 7.15. The minimum Gasteiger partial charge on any atom is -0.494 e. The van der Waals surface area contributed by atoms with Crippen molar-refractivity contribution >= 4 is 11.3 Å². The van der Waals surface area contributed by atoms with Crippen LogP contribution in [0, 0.1) is 0 Å². The Kier molecular flexibility index (Phi) is 3.30. The Labute approximate surface area is 111 Å². The molecule has 3 rings (SSSR count). The van der Waals surface area contributed by atoms with Crippen LogP contribution in [0.2, 0.25) is 0 Å². The molecule has 0 bridgehead atoms. The van der Waals surface area contributed by atoms with Gasteiger partial charge in [-0.15, -0.1) is 11.3 Å². The molecule has 1 N–H and O–H groups in total. The first-order valence-corrected chi connectivity index (χ1v) is 7.11. The van der Waals surface area contributed by atoms with Gasteiger partial charge in [-0.05, 0) is 37.6 Å². The predicted octanol–water partition coefficient (Wildman–Crippen LogP) is 2.85. The molecule has 94 valence electrons. The standard InChI is InChI=1S/C14H16N2OS/c1-2-17-11-5-3-10(4-6-11)14-16-12-9-15-8-7-13(12)18-14/h3-6,15H,2,7-9H2,1H3. The van der Waals surface area contributed by atoms with Gasteiger partial charge in [-0.2, -0.15) is 0 Å². The van der Waals surface area contributed by atoms with E-state index in [1.807, 2.05) is 30.4 Å². The number of ether oxygens (including phenoxy) is 1. The molecule has 0 saturated carbocycles. The Morgan fingerprint density at radius 1 is 1.33 bits per heavy atom. The summed E-state index contributed by atoms with van der Waals surface area (Å²) in [7, 11) is 0. The van der Waals surface area contributed by atoms with Crippen molar-refractivity contribution in [1.82, 2.24) is 10.3 Å². The Hall–Kier alpha value is -1.39. The van der Waals surface area contributed by atoms with E-state index in [1.165, 1.54) is 16.1 Å². The molecule has 0 unspecified atom stereocenters. The van der Waals surface area contributed by atoms with Crippen molar-refractivity contribution in [2.75, 3.05) is 13.2 Å². The lowest BCUT2D eigenvalue weighted by Crippen LogP contribution is -2.22. The highest BCUT2D eigenvalue weighted by Crippen LogP contribution is 2.30. The highest BCUT2D eigenvalue weighted by Gasteiger charge is 2.15. The zero-order chi connectivity index (χ0) is 12.4. The zero-order valence-electron chi connectivity index (χ0n) is 10.4. The number of hydrogen-bond donors (Lipinski definition) is 1. The lowest BCUT2D eigenvalue weighted by molar-refractivity contribution is 0.340. The molecule has 0 amide bonds. The van der Waals surface area contributed by atoms with Crippen molar-refractivity contribution in [3.63, 3.8) is 0 Å². The summed E-state index contributed by atoms with van der Waals surface area (Å²) in [6.07, 6.45) is 1.10. The zero-order valence-corrected chi connectivity index (χ0v) is 11.2. The van der Waals surface area contributed by atoms with Gasteiger partial charge in [0.05, 0.1) is 12.3 Å². The molecule has 4 heteroatoms. The summed E-state index contributed by atoms with van der Waals surface area (Å²) in [6.45, 7) is 4.67. The van der Waals surface area contributed by atoms with Crippen LogP contribution in [-0.4, -0.2) is 18.1 Å². The Morgan fingerprint density at radius 2 is 2.17 bits per heavy atom. The Morgan fingerprint density at radius 3 is 2.89 bits per heavy atom. The van der Waals surface area contributed by atoms with Crippen molar-refractivity contribution in [2.45, 2.75) is 19.9 Å². The number of fused-ring (bicyclic) bond motifs is 1.